The minimum atomic E-state index is -0.000894. The average molecular weight is 800 g/mol. The molecular weight excluding hydrogens is 747 g/mol. The van der Waals surface area contributed by atoms with Gasteiger partial charge in [-0.3, -0.25) is 19.3 Å². The molecule has 4 aromatic heterocycles. The van der Waals surface area contributed by atoms with Gasteiger partial charge in [-0.2, -0.15) is 10.1 Å². The first-order valence-corrected chi connectivity index (χ1v) is 19.7. The van der Waals surface area contributed by atoms with Crippen molar-refractivity contribution in [3.05, 3.63) is 42.5 Å². The fourth-order valence-corrected chi connectivity index (χ4v) is 6.79. The van der Waals surface area contributed by atoms with Crippen LogP contribution in [0, 0.1) is 0 Å². The second-order valence-corrected chi connectivity index (χ2v) is 14.4. The molecule has 0 bridgehead atoms. The van der Waals surface area contributed by atoms with Gasteiger partial charge in [0.1, 0.15) is 34.9 Å². The molecule has 0 radical (unpaired) electrons. The number of amides is 1. The van der Waals surface area contributed by atoms with E-state index in [1.807, 2.05) is 21.7 Å². The molecule has 0 atom stereocenters. The van der Waals surface area contributed by atoms with Crippen molar-refractivity contribution in [3.8, 4) is 11.3 Å². The number of anilines is 3. The van der Waals surface area contributed by atoms with Gasteiger partial charge in [-0.1, -0.05) is 6.42 Å². The van der Waals surface area contributed by atoms with Gasteiger partial charge >= 0.3 is 0 Å². The topological polar surface area (TPSA) is 253 Å². The number of carbonyl (C=O) groups excluding carboxylic acids is 3. The first-order chi connectivity index (χ1) is 28.2. The zero-order valence-corrected chi connectivity index (χ0v) is 33.1. The summed E-state index contributed by atoms with van der Waals surface area (Å²) in [5, 5.41) is 5.49. The van der Waals surface area contributed by atoms with Gasteiger partial charge in [0, 0.05) is 88.7 Å². The van der Waals surface area contributed by atoms with E-state index in [9.17, 15) is 14.4 Å². The number of nitrogens with two attached hydrogens (primary N) is 3. The number of hydrogen-bond donors (Lipinski definition) is 3. The molecule has 1 amide bonds. The number of benzene rings is 1. The molecule has 0 aliphatic carbocycles. The highest BCUT2D eigenvalue weighted by atomic mass is 16.5. The molecule has 0 saturated carbocycles. The standard InChI is InChI=1S/C39H53N13O6/c1-49(25-33(55)50-12-14-51(15-13-50)39-43-22-27(21-40)23-44-39)24-30(54)7-5-16-56-18-19-57-17-10-29(53)6-3-2-4-11-52-37-34(36(41)45-26-46-37)35(48-52)28-8-9-32-31(20-28)47-38(42)58-32/h8-9,20,22-23,26H,2-7,10-19,21,24-25,40H2,1H3,(H2,42,47)(H2,41,45,46). The average Bonchev–Trinajstić information content (AvgIpc) is 3.79. The molecule has 310 valence electrons. The lowest BCUT2D eigenvalue weighted by Crippen LogP contribution is -2.51. The highest BCUT2D eigenvalue weighted by Crippen LogP contribution is 2.32. The quantitative estimate of drug-likeness (QED) is 0.0801. The Morgan fingerprint density at radius 1 is 0.845 bits per heavy atom. The molecule has 19 nitrogen and oxygen atoms in total. The van der Waals surface area contributed by atoms with Crippen LogP contribution in [0.5, 0.6) is 0 Å². The third kappa shape index (κ3) is 11.5. The summed E-state index contributed by atoms with van der Waals surface area (Å²) in [4.78, 5) is 64.9. The van der Waals surface area contributed by atoms with Crippen LogP contribution in [0.2, 0.25) is 0 Å². The zero-order chi connectivity index (χ0) is 40.9. The minimum Gasteiger partial charge on any atom is -0.424 e. The summed E-state index contributed by atoms with van der Waals surface area (Å²) in [7, 11) is 1.78. The van der Waals surface area contributed by atoms with E-state index in [-0.39, 0.29) is 36.6 Å². The Hall–Kier alpha value is -5.63. The normalized spacial score (nSPS) is 13.3. The maximum atomic E-state index is 12.8. The van der Waals surface area contributed by atoms with E-state index in [1.54, 1.807) is 30.4 Å². The Bertz CT molecular complexity index is 2130. The minimum absolute atomic E-state index is 0.000894. The number of nitrogens with zero attached hydrogens (tertiary/aromatic N) is 10. The summed E-state index contributed by atoms with van der Waals surface area (Å²) in [6.45, 7) is 5.37. The van der Waals surface area contributed by atoms with Crippen LogP contribution in [0.1, 0.15) is 50.5 Å². The monoisotopic (exact) mass is 799 g/mol. The molecule has 1 aliphatic rings. The highest BCUT2D eigenvalue weighted by Gasteiger charge is 2.24. The van der Waals surface area contributed by atoms with Crippen molar-refractivity contribution in [3.63, 3.8) is 0 Å². The van der Waals surface area contributed by atoms with Crippen LogP contribution in [0.25, 0.3) is 33.4 Å². The number of unbranched alkanes of at least 4 members (excludes halogenated alkanes) is 2. The van der Waals surface area contributed by atoms with Gasteiger partial charge in [-0.05, 0) is 44.5 Å². The van der Waals surface area contributed by atoms with Crippen LogP contribution in [-0.4, -0.2) is 135 Å². The molecule has 58 heavy (non-hydrogen) atoms. The number of piperazine rings is 1. The van der Waals surface area contributed by atoms with Gasteiger partial charge in [0.05, 0.1) is 38.3 Å². The fourth-order valence-electron chi connectivity index (χ4n) is 6.79. The number of Topliss-reactive ketones (excluding diaryl/α,β-unsaturated/α-hetero) is 2. The first-order valence-electron chi connectivity index (χ1n) is 19.7. The first kappa shape index (κ1) is 42.0. The number of rotatable bonds is 23. The van der Waals surface area contributed by atoms with Gasteiger partial charge < -0.3 is 40.9 Å². The lowest BCUT2D eigenvalue weighted by Gasteiger charge is -2.35. The molecule has 0 spiro atoms. The summed E-state index contributed by atoms with van der Waals surface area (Å²) in [5.41, 5.74) is 21.8. The molecule has 6 rings (SSSR count). The van der Waals surface area contributed by atoms with Crippen LogP contribution in [0.4, 0.5) is 17.8 Å². The smallest absolute Gasteiger partial charge is 0.292 e. The van der Waals surface area contributed by atoms with Gasteiger partial charge in [-0.25, -0.2) is 24.6 Å². The van der Waals surface area contributed by atoms with Crippen LogP contribution in [0.3, 0.4) is 0 Å². The molecule has 1 aromatic carbocycles. The van der Waals surface area contributed by atoms with E-state index in [0.717, 1.165) is 30.4 Å². The lowest BCUT2D eigenvalue weighted by molar-refractivity contribution is -0.133. The second kappa shape index (κ2) is 20.7. The summed E-state index contributed by atoms with van der Waals surface area (Å²) in [5.74, 6) is 1.19. The zero-order valence-electron chi connectivity index (χ0n) is 33.1. The third-order valence-corrected chi connectivity index (χ3v) is 9.90. The Morgan fingerprint density at radius 2 is 1.60 bits per heavy atom. The van der Waals surface area contributed by atoms with E-state index < -0.39 is 0 Å². The van der Waals surface area contributed by atoms with E-state index >= 15 is 0 Å². The molecule has 1 saturated heterocycles. The molecule has 19 heteroatoms. The maximum absolute atomic E-state index is 12.8. The summed E-state index contributed by atoms with van der Waals surface area (Å²) in [6, 6.07) is 5.61. The largest absolute Gasteiger partial charge is 0.424 e. The van der Waals surface area contributed by atoms with E-state index in [1.165, 1.54) is 6.33 Å². The summed E-state index contributed by atoms with van der Waals surface area (Å²) < 4.78 is 18.4. The Balaban J connectivity index is 0.769. The van der Waals surface area contributed by atoms with Crippen molar-refractivity contribution < 1.29 is 28.3 Å². The van der Waals surface area contributed by atoms with Crippen molar-refractivity contribution in [1.82, 2.24) is 44.5 Å². The van der Waals surface area contributed by atoms with Gasteiger partial charge in [0.25, 0.3) is 6.01 Å². The van der Waals surface area contributed by atoms with Gasteiger partial charge in [0.2, 0.25) is 11.9 Å². The number of likely N-dealkylation sites (N-methyl/N-ethyl adjacent to an activating group) is 1. The number of ketones is 2. The van der Waals surface area contributed by atoms with E-state index in [2.05, 4.69) is 29.8 Å². The van der Waals surface area contributed by atoms with E-state index in [0.29, 0.717) is 131 Å². The van der Waals surface area contributed by atoms with Crippen molar-refractivity contribution in [2.45, 2.75) is 58.0 Å². The molecule has 5 aromatic rings. The van der Waals surface area contributed by atoms with Crippen LogP contribution >= 0.6 is 0 Å². The van der Waals surface area contributed by atoms with Crippen LogP contribution in [-0.2, 0) is 36.9 Å². The maximum Gasteiger partial charge on any atom is 0.292 e. The molecule has 5 heterocycles. The Labute approximate surface area is 336 Å². The second-order valence-electron chi connectivity index (χ2n) is 14.4. The highest BCUT2D eigenvalue weighted by molar-refractivity contribution is 5.99. The number of fused-ring (bicyclic) bond motifs is 2. The van der Waals surface area contributed by atoms with Gasteiger partial charge in [0.15, 0.2) is 11.2 Å². The number of aromatic nitrogens is 7. The Morgan fingerprint density at radius 3 is 2.38 bits per heavy atom. The van der Waals surface area contributed by atoms with Crippen molar-refractivity contribution in [2.75, 3.05) is 89.1 Å². The SMILES string of the molecule is CN(CC(=O)CCCOCCOCCC(=O)CCCCCn1nc(-c2ccc3oc(N)nc3c2)c2c(N)ncnc21)CC(=O)N1CCN(c2ncc(CN)cn2)CC1. The molecule has 1 fully saturated rings. The Kier molecular flexibility index (Phi) is 15.0. The predicted octanol–water partition coefficient (Wildman–Crippen LogP) is 2.23. The molecule has 6 N–H and O–H groups in total. The van der Waals surface area contributed by atoms with Crippen LogP contribution in [0.15, 0.2) is 41.3 Å². The molecule has 1 aliphatic heterocycles. The fraction of sp³-hybridized carbons (Fsp3) is 0.513. The number of carbonyl (C=O) groups is 3. The number of oxazole rings is 1. The van der Waals surface area contributed by atoms with Crippen molar-refractivity contribution in [1.29, 1.82) is 0 Å². The van der Waals surface area contributed by atoms with Crippen molar-refractivity contribution in [2.24, 2.45) is 5.73 Å². The molecular formula is C39H53N13O6. The summed E-state index contributed by atoms with van der Waals surface area (Å²) in [6.07, 6.45) is 9.09. The predicted molar refractivity (Wildman–Crippen MR) is 217 cm³/mol. The van der Waals surface area contributed by atoms with Crippen molar-refractivity contribution >= 4 is 57.4 Å². The number of ether oxygens (including phenoxy) is 2. The number of nitrogen functional groups attached to an aromatic ring is 2. The number of aryl methyl sites for hydroxylation is 1. The number of hydrogen-bond acceptors (Lipinski definition) is 17. The van der Waals surface area contributed by atoms with Crippen LogP contribution < -0.4 is 22.1 Å². The third-order valence-electron chi connectivity index (χ3n) is 9.90. The van der Waals surface area contributed by atoms with E-state index in [4.69, 9.17) is 36.2 Å². The van der Waals surface area contributed by atoms with Gasteiger partial charge in [-0.15, -0.1) is 0 Å². The lowest BCUT2D eigenvalue weighted by atomic mass is 10.1. The summed E-state index contributed by atoms with van der Waals surface area (Å²) >= 11 is 0. The molecule has 0 unspecified atom stereocenters.